The monoisotopic (exact) mass is 633 g/mol. The maximum atomic E-state index is 12.5. The van der Waals surface area contributed by atoms with Gasteiger partial charge in [-0.25, -0.2) is 10.2 Å². The van der Waals surface area contributed by atoms with Crippen molar-refractivity contribution in [3.05, 3.63) is 73.0 Å². The smallest absolute Gasteiger partial charge is 0.341 e. The third-order valence-electron chi connectivity index (χ3n) is 5.75. The molecule has 2 aromatic carbocycles. The zero-order chi connectivity index (χ0) is 27.9. The first kappa shape index (κ1) is 28.6. The number of ether oxygens (including phenoxy) is 3. The van der Waals surface area contributed by atoms with E-state index in [1.165, 1.54) is 24.7 Å². The Morgan fingerprint density at radius 2 is 1.90 bits per heavy atom. The van der Waals surface area contributed by atoms with E-state index in [-0.39, 0.29) is 0 Å². The Bertz CT molecular complexity index is 1420. The number of benzene rings is 2. The van der Waals surface area contributed by atoms with Crippen LogP contribution in [0.1, 0.15) is 45.3 Å². The molecule has 0 spiro atoms. The number of hydrogen-bond acceptors (Lipinski definition) is 8. The highest BCUT2D eigenvalue weighted by atomic mass is 79.9. The third-order valence-corrected chi connectivity index (χ3v) is 7.80. The second-order valence-electron chi connectivity index (χ2n) is 8.38. The van der Waals surface area contributed by atoms with Crippen LogP contribution in [0.25, 0.3) is 0 Å². The van der Waals surface area contributed by atoms with Crippen LogP contribution < -0.4 is 20.2 Å². The van der Waals surface area contributed by atoms with E-state index in [2.05, 4.69) is 31.8 Å². The SMILES string of the molecule is CCOc1cc(/C=N/NC(=O)C(=O)Nc2sc3c(c2C(=O)OC)CCC3)cc(Br)c1OCc1ccc(Cl)cc1. The van der Waals surface area contributed by atoms with Crippen molar-refractivity contribution in [2.24, 2.45) is 5.10 Å². The molecular formula is C27H25BrClN3O6S. The largest absolute Gasteiger partial charge is 0.490 e. The van der Waals surface area contributed by atoms with Gasteiger partial charge in [-0.2, -0.15) is 5.10 Å². The number of esters is 1. The number of thiophene rings is 1. The van der Waals surface area contributed by atoms with E-state index < -0.39 is 17.8 Å². The van der Waals surface area contributed by atoms with Crippen molar-refractivity contribution in [1.29, 1.82) is 0 Å². The zero-order valence-corrected chi connectivity index (χ0v) is 24.3. The van der Waals surface area contributed by atoms with E-state index in [1.807, 2.05) is 19.1 Å². The van der Waals surface area contributed by atoms with Gasteiger partial charge >= 0.3 is 17.8 Å². The molecule has 0 saturated heterocycles. The van der Waals surface area contributed by atoms with E-state index in [1.54, 1.807) is 24.3 Å². The lowest BCUT2D eigenvalue weighted by molar-refractivity contribution is -0.136. The third kappa shape index (κ3) is 6.97. The van der Waals surface area contributed by atoms with Crippen LogP contribution in [0.5, 0.6) is 11.5 Å². The molecule has 0 saturated carbocycles. The minimum absolute atomic E-state index is 0.301. The minimum Gasteiger partial charge on any atom is -0.490 e. The van der Waals surface area contributed by atoms with Crippen molar-refractivity contribution in [3.63, 3.8) is 0 Å². The van der Waals surface area contributed by atoms with E-state index >= 15 is 0 Å². The van der Waals surface area contributed by atoms with E-state index in [0.717, 1.165) is 35.3 Å². The number of hydrogen-bond donors (Lipinski definition) is 2. The van der Waals surface area contributed by atoms with Crippen molar-refractivity contribution < 1.29 is 28.6 Å². The molecular weight excluding hydrogens is 610 g/mol. The summed E-state index contributed by atoms with van der Waals surface area (Å²) in [5.41, 5.74) is 4.92. The van der Waals surface area contributed by atoms with Crippen LogP contribution >= 0.6 is 38.9 Å². The number of nitrogens with zero attached hydrogens (tertiary/aromatic N) is 1. The van der Waals surface area contributed by atoms with Crippen LogP contribution in [-0.2, 0) is 33.8 Å². The number of aryl methyl sites for hydroxylation is 1. The van der Waals surface area contributed by atoms with Gasteiger partial charge in [0, 0.05) is 9.90 Å². The van der Waals surface area contributed by atoms with Crippen LogP contribution in [0.2, 0.25) is 5.02 Å². The number of rotatable bonds is 9. The van der Waals surface area contributed by atoms with Gasteiger partial charge in [0.1, 0.15) is 11.6 Å². The summed E-state index contributed by atoms with van der Waals surface area (Å²) in [5.74, 6) is -1.48. The summed E-state index contributed by atoms with van der Waals surface area (Å²) in [6, 6.07) is 10.8. The van der Waals surface area contributed by atoms with Crippen molar-refractivity contribution in [2.75, 3.05) is 19.0 Å². The Morgan fingerprint density at radius 1 is 1.13 bits per heavy atom. The van der Waals surface area contributed by atoms with Crippen LogP contribution in [0.15, 0.2) is 46.0 Å². The van der Waals surface area contributed by atoms with Gasteiger partial charge in [-0.3, -0.25) is 9.59 Å². The lowest BCUT2D eigenvalue weighted by Crippen LogP contribution is -2.32. The highest BCUT2D eigenvalue weighted by Gasteiger charge is 2.29. The molecule has 0 unspecified atom stereocenters. The molecule has 2 N–H and O–H groups in total. The van der Waals surface area contributed by atoms with Crippen LogP contribution in [-0.4, -0.2) is 37.7 Å². The Morgan fingerprint density at radius 3 is 2.62 bits per heavy atom. The molecule has 39 heavy (non-hydrogen) atoms. The molecule has 0 fully saturated rings. The molecule has 9 nitrogen and oxygen atoms in total. The molecule has 1 aliphatic rings. The number of amides is 2. The van der Waals surface area contributed by atoms with Gasteiger partial charge in [-0.15, -0.1) is 11.3 Å². The molecule has 204 valence electrons. The number of halogens is 2. The highest BCUT2D eigenvalue weighted by molar-refractivity contribution is 9.10. The summed E-state index contributed by atoms with van der Waals surface area (Å²) in [7, 11) is 1.28. The van der Waals surface area contributed by atoms with E-state index in [0.29, 0.717) is 50.3 Å². The highest BCUT2D eigenvalue weighted by Crippen LogP contribution is 2.39. The van der Waals surface area contributed by atoms with Gasteiger partial charge in [0.2, 0.25) is 0 Å². The van der Waals surface area contributed by atoms with Crippen LogP contribution in [0.4, 0.5) is 5.00 Å². The summed E-state index contributed by atoms with van der Waals surface area (Å²) in [5, 5.41) is 7.36. The molecule has 1 heterocycles. The number of carbonyl (C=O) groups is 3. The summed E-state index contributed by atoms with van der Waals surface area (Å²) < 4.78 is 17.2. The molecule has 0 bridgehead atoms. The molecule has 3 aromatic rings. The molecule has 1 aliphatic carbocycles. The predicted molar refractivity (Wildman–Crippen MR) is 153 cm³/mol. The molecule has 0 radical (unpaired) electrons. The van der Waals surface area contributed by atoms with Gasteiger partial charge in [0.25, 0.3) is 0 Å². The minimum atomic E-state index is -0.984. The normalized spacial score (nSPS) is 12.2. The Kier molecular flexibility index (Phi) is 9.60. The predicted octanol–water partition coefficient (Wildman–Crippen LogP) is 5.51. The van der Waals surface area contributed by atoms with Gasteiger partial charge in [-0.05, 0) is 83.1 Å². The number of carbonyl (C=O) groups excluding carboxylic acids is 3. The van der Waals surface area contributed by atoms with Crippen molar-refractivity contribution in [1.82, 2.24) is 5.43 Å². The quantitative estimate of drug-likeness (QED) is 0.139. The first-order valence-corrected chi connectivity index (χ1v) is 14.0. The Balaban J connectivity index is 1.41. The molecule has 2 amide bonds. The number of fused-ring (bicyclic) bond motifs is 1. The fourth-order valence-corrected chi connectivity index (χ4v) is 5.96. The Labute approximate surface area is 242 Å². The van der Waals surface area contributed by atoms with Crippen molar-refractivity contribution >= 4 is 67.9 Å². The lowest BCUT2D eigenvalue weighted by Gasteiger charge is -2.14. The number of nitrogens with one attached hydrogen (secondary N) is 2. The lowest BCUT2D eigenvalue weighted by atomic mass is 10.1. The summed E-state index contributed by atoms with van der Waals surface area (Å²) in [4.78, 5) is 38.2. The molecule has 0 aliphatic heterocycles. The van der Waals surface area contributed by atoms with Crippen LogP contribution in [0.3, 0.4) is 0 Å². The van der Waals surface area contributed by atoms with Gasteiger partial charge < -0.3 is 19.5 Å². The first-order valence-electron chi connectivity index (χ1n) is 12.0. The maximum Gasteiger partial charge on any atom is 0.341 e. The van der Waals surface area contributed by atoms with E-state index in [9.17, 15) is 14.4 Å². The molecule has 12 heteroatoms. The molecule has 4 rings (SSSR count). The number of anilines is 1. The summed E-state index contributed by atoms with van der Waals surface area (Å²) in [6.45, 7) is 2.56. The zero-order valence-electron chi connectivity index (χ0n) is 21.1. The molecule has 0 atom stereocenters. The number of hydrazone groups is 1. The molecule has 1 aromatic heterocycles. The van der Waals surface area contributed by atoms with Crippen LogP contribution in [0, 0.1) is 0 Å². The summed E-state index contributed by atoms with van der Waals surface area (Å²) in [6.07, 6.45) is 3.86. The second kappa shape index (κ2) is 13.1. The summed E-state index contributed by atoms with van der Waals surface area (Å²) >= 11 is 10.7. The fourth-order valence-electron chi connectivity index (χ4n) is 3.99. The Hall–Kier alpha value is -3.41. The first-order chi connectivity index (χ1) is 18.8. The maximum absolute atomic E-state index is 12.5. The second-order valence-corrected chi connectivity index (χ2v) is 10.8. The van der Waals surface area contributed by atoms with Gasteiger partial charge in [0.15, 0.2) is 11.5 Å². The van der Waals surface area contributed by atoms with Gasteiger partial charge in [-0.1, -0.05) is 23.7 Å². The van der Waals surface area contributed by atoms with Crippen molar-refractivity contribution in [2.45, 2.75) is 32.8 Å². The van der Waals surface area contributed by atoms with Crippen molar-refractivity contribution in [3.8, 4) is 11.5 Å². The average molecular weight is 635 g/mol. The topological polar surface area (TPSA) is 115 Å². The standard InChI is InChI=1S/C27H25BrClN3O6S/c1-3-37-20-12-16(11-19(28)23(20)38-14-15-7-9-17(29)10-8-15)13-30-32-25(34)24(33)31-26-22(27(35)36-2)18-5-4-6-21(18)39-26/h7-13H,3-6,14H2,1-2H3,(H,31,33)(H,32,34)/b30-13+. The van der Waals surface area contributed by atoms with Gasteiger partial charge in [0.05, 0.1) is 30.0 Å². The number of methoxy groups -OCH3 is 1. The van der Waals surface area contributed by atoms with E-state index in [4.69, 9.17) is 25.8 Å². The average Bonchev–Trinajstić information content (AvgIpc) is 3.50. The fraction of sp³-hybridized carbons (Fsp3) is 0.259.